The Morgan fingerprint density at radius 1 is 0.931 bits per heavy atom. The molecule has 0 radical (unpaired) electrons. The van der Waals surface area contributed by atoms with Crippen molar-refractivity contribution in [2.24, 2.45) is 0 Å². The summed E-state index contributed by atoms with van der Waals surface area (Å²) in [5.41, 5.74) is 1.96. The molecule has 2 N–H and O–H groups in total. The quantitative estimate of drug-likeness (QED) is 0.596. The van der Waals surface area contributed by atoms with E-state index in [1.165, 1.54) is 0 Å². The number of halogens is 1. The molecule has 6 heteroatoms. The lowest BCUT2D eigenvalue weighted by Gasteiger charge is -2.16. The summed E-state index contributed by atoms with van der Waals surface area (Å²) in [5.74, 6) is -0.243. The molecule has 3 rings (SSSR count). The van der Waals surface area contributed by atoms with Gasteiger partial charge in [-0.2, -0.15) is 0 Å². The summed E-state index contributed by atoms with van der Waals surface area (Å²) in [4.78, 5) is 25.0. The molecule has 0 fully saturated rings. The number of amides is 2. The first-order valence-electron chi connectivity index (χ1n) is 9.16. The van der Waals surface area contributed by atoms with Gasteiger partial charge in [0.15, 0.2) is 0 Å². The molecule has 0 saturated carbocycles. The van der Waals surface area contributed by atoms with Crippen molar-refractivity contribution in [3.63, 3.8) is 0 Å². The van der Waals surface area contributed by atoms with Crippen LogP contribution in [0.4, 0.5) is 5.69 Å². The summed E-state index contributed by atoms with van der Waals surface area (Å²) >= 11 is 5.89. The van der Waals surface area contributed by atoms with Crippen molar-refractivity contribution in [3.8, 4) is 5.75 Å². The number of anilines is 1. The van der Waals surface area contributed by atoms with Crippen LogP contribution in [0, 0.1) is 0 Å². The highest BCUT2D eigenvalue weighted by molar-refractivity contribution is 6.30. The van der Waals surface area contributed by atoms with Crippen LogP contribution < -0.4 is 15.4 Å². The van der Waals surface area contributed by atoms with Gasteiger partial charge in [-0.15, -0.1) is 0 Å². The van der Waals surface area contributed by atoms with Crippen molar-refractivity contribution >= 4 is 29.1 Å². The number of carbonyl (C=O) groups is 2. The van der Waals surface area contributed by atoms with Gasteiger partial charge >= 0.3 is 0 Å². The monoisotopic (exact) mass is 408 g/mol. The third kappa shape index (κ3) is 5.83. The second-order valence-corrected chi connectivity index (χ2v) is 6.90. The van der Waals surface area contributed by atoms with Gasteiger partial charge in [-0.05, 0) is 48.9 Å². The van der Waals surface area contributed by atoms with Crippen molar-refractivity contribution in [2.75, 3.05) is 5.32 Å². The molecule has 1 unspecified atom stereocenters. The molecule has 0 aromatic heterocycles. The van der Waals surface area contributed by atoms with Crippen LogP contribution in [0.5, 0.6) is 5.75 Å². The highest BCUT2D eigenvalue weighted by Crippen LogP contribution is 2.20. The molecule has 0 heterocycles. The van der Waals surface area contributed by atoms with Crippen LogP contribution >= 0.6 is 11.6 Å². The summed E-state index contributed by atoms with van der Waals surface area (Å²) < 4.78 is 5.82. The third-order valence-corrected chi connectivity index (χ3v) is 4.47. The molecular weight excluding hydrogens is 388 g/mol. The van der Waals surface area contributed by atoms with Gasteiger partial charge < -0.3 is 15.4 Å². The fourth-order valence-corrected chi connectivity index (χ4v) is 2.76. The first kappa shape index (κ1) is 20.4. The number of benzene rings is 3. The molecule has 3 aromatic carbocycles. The van der Waals surface area contributed by atoms with Gasteiger partial charge in [-0.3, -0.25) is 9.59 Å². The lowest BCUT2D eigenvalue weighted by atomic mass is 10.1. The largest absolute Gasteiger partial charge is 0.488 e. The van der Waals surface area contributed by atoms with E-state index in [1.54, 1.807) is 55.5 Å². The van der Waals surface area contributed by atoms with E-state index in [4.69, 9.17) is 16.3 Å². The molecule has 0 aliphatic heterocycles. The molecule has 148 valence electrons. The summed E-state index contributed by atoms with van der Waals surface area (Å²) in [6.07, 6.45) is 0. The molecular formula is C23H21ClN2O3. The standard InChI is InChI=1S/C23H21ClN2O3/c1-16(22(27)26-19-7-3-2-4-8-19)25-23(28)20-9-5-6-10-21(20)29-15-17-11-13-18(24)14-12-17/h2-14,16H,15H2,1H3,(H,25,28)(H,26,27). The SMILES string of the molecule is CC(NC(=O)c1ccccc1OCc1ccc(Cl)cc1)C(=O)Nc1ccccc1. The van der Waals surface area contributed by atoms with Crippen LogP contribution in [-0.4, -0.2) is 17.9 Å². The Kier molecular flexibility index (Phi) is 6.87. The molecule has 29 heavy (non-hydrogen) atoms. The number of nitrogens with one attached hydrogen (secondary N) is 2. The molecule has 2 amide bonds. The Labute approximate surface area is 174 Å². The normalized spacial score (nSPS) is 11.4. The highest BCUT2D eigenvalue weighted by Gasteiger charge is 2.19. The lowest BCUT2D eigenvalue weighted by Crippen LogP contribution is -2.41. The van der Waals surface area contributed by atoms with E-state index in [9.17, 15) is 9.59 Å². The van der Waals surface area contributed by atoms with Gasteiger partial charge in [-0.25, -0.2) is 0 Å². The van der Waals surface area contributed by atoms with Gasteiger partial charge in [0.2, 0.25) is 5.91 Å². The Hall–Kier alpha value is -3.31. The zero-order valence-corrected chi connectivity index (χ0v) is 16.6. The maximum Gasteiger partial charge on any atom is 0.255 e. The van der Waals surface area contributed by atoms with Gasteiger partial charge in [0, 0.05) is 10.7 Å². The molecule has 3 aromatic rings. The van der Waals surface area contributed by atoms with Crippen LogP contribution in [0.25, 0.3) is 0 Å². The zero-order chi connectivity index (χ0) is 20.6. The summed E-state index contributed by atoms with van der Waals surface area (Å²) in [7, 11) is 0. The van der Waals surface area contributed by atoms with Crippen LogP contribution in [0.2, 0.25) is 5.02 Å². The minimum Gasteiger partial charge on any atom is -0.488 e. The first-order valence-corrected chi connectivity index (χ1v) is 9.54. The number of hydrogen-bond acceptors (Lipinski definition) is 3. The smallest absolute Gasteiger partial charge is 0.255 e. The van der Waals surface area contributed by atoms with Gasteiger partial charge in [0.1, 0.15) is 18.4 Å². The van der Waals surface area contributed by atoms with Crippen molar-refractivity contribution in [1.82, 2.24) is 5.32 Å². The Bertz CT molecular complexity index is 975. The molecule has 0 aliphatic carbocycles. The minimum absolute atomic E-state index is 0.297. The molecule has 0 bridgehead atoms. The Balaban J connectivity index is 1.62. The summed E-state index contributed by atoms with van der Waals surface area (Å²) in [6.45, 7) is 1.93. The van der Waals surface area contributed by atoms with E-state index in [0.717, 1.165) is 5.56 Å². The fraction of sp³-hybridized carbons (Fsp3) is 0.130. The Morgan fingerprint density at radius 2 is 1.59 bits per heavy atom. The third-order valence-electron chi connectivity index (χ3n) is 4.22. The van der Waals surface area contributed by atoms with E-state index >= 15 is 0 Å². The Morgan fingerprint density at radius 3 is 2.31 bits per heavy atom. The maximum absolute atomic E-state index is 12.7. The molecule has 0 spiro atoms. The molecule has 5 nitrogen and oxygen atoms in total. The highest BCUT2D eigenvalue weighted by atomic mass is 35.5. The van der Waals surface area contributed by atoms with Gasteiger partial charge in [0.05, 0.1) is 5.56 Å². The zero-order valence-electron chi connectivity index (χ0n) is 15.9. The van der Waals surface area contributed by atoms with Crippen LogP contribution in [0.3, 0.4) is 0 Å². The minimum atomic E-state index is -0.716. The molecule has 1 atom stereocenters. The van der Waals surface area contributed by atoms with E-state index in [-0.39, 0.29) is 11.8 Å². The van der Waals surface area contributed by atoms with Crippen molar-refractivity contribution in [3.05, 3.63) is 95.0 Å². The van der Waals surface area contributed by atoms with Crippen molar-refractivity contribution in [1.29, 1.82) is 0 Å². The lowest BCUT2D eigenvalue weighted by molar-refractivity contribution is -0.117. The van der Waals surface area contributed by atoms with E-state index in [1.807, 2.05) is 30.3 Å². The van der Waals surface area contributed by atoms with Gasteiger partial charge in [-0.1, -0.05) is 54.1 Å². The van der Waals surface area contributed by atoms with Crippen LogP contribution in [0.1, 0.15) is 22.8 Å². The van der Waals surface area contributed by atoms with E-state index in [0.29, 0.717) is 28.6 Å². The number of ether oxygens (including phenoxy) is 1. The van der Waals surface area contributed by atoms with E-state index < -0.39 is 6.04 Å². The number of carbonyl (C=O) groups excluding carboxylic acids is 2. The average Bonchev–Trinajstić information content (AvgIpc) is 2.74. The predicted molar refractivity (Wildman–Crippen MR) is 114 cm³/mol. The maximum atomic E-state index is 12.7. The first-order chi connectivity index (χ1) is 14.0. The number of para-hydroxylation sites is 2. The number of hydrogen-bond donors (Lipinski definition) is 2. The average molecular weight is 409 g/mol. The predicted octanol–water partition coefficient (Wildman–Crippen LogP) is 4.68. The second-order valence-electron chi connectivity index (χ2n) is 6.46. The van der Waals surface area contributed by atoms with Crippen molar-refractivity contribution < 1.29 is 14.3 Å². The van der Waals surface area contributed by atoms with E-state index in [2.05, 4.69) is 10.6 Å². The van der Waals surface area contributed by atoms with Gasteiger partial charge in [0.25, 0.3) is 5.91 Å². The topological polar surface area (TPSA) is 67.4 Å². The van der Waals surface area contributed by atoms with Crippen LogP contribution in [-0.2, 0) is 11.4 Å². The molecule has 0 saturated heterocycles. The number of rotatable bonds is 7. The summed E-state index contributed by atoms with van der Waals surface area (Å²) in [6, 6.07) is 22.6. The van der Waals surface area contributed by atoms with Crippen LogP contribution in [0.15, 0.2) is 78.9 Å². The fourth-order valence-electron chi connectivity index (χ4n) is 2.63. The second kappa shape index (κ2) is 9.75. The summed E-state index contributed by atoms with van der Waals surface area (Å²) in [5, 5.41) is 6.13. The van der Waals surface area contributed by atoms with Crippen molar-refractivity contribution in [2.45, 2.75) is 19.6 Å². The molecule has 0 aliphatic rings.